The second-order valence-electron chi connectivity index (χ2n) is 3.37. The number of nitrogens with zero attached hydrogens (tertiary/aromatic N) is 2. The monoisotopic (exact) mass is 259 g/mol. The molecule has 0 bridgehead atoms. The predicted octanol–water partition coefficient (Wildman–Crippen LogP) is 2.15. The van der Waals surface area contributed by atoms with Crippen molar-refractivity contribution in [1.29, 1.82) is 0 Å². The first-order valence-corrected chi connectivity index (χ1v) is 5.03. The van der Waals surface area contributed by atoms with Crippen molar-refractivity contribution in [3.05, 3.63) is 23.7 Å². The number of halogens is 3. The zero-order valence-corrected chi connectivity index (χ0v) is 9.21. The molecule has 96 valence electrons. The van der Waals surface area contributed by atoms with E-state index in [9.17, 15) is 18.0 Å². The molecule has 0 amide bonds. The normalized spacial score (nSPS) is 11.8. The van der Waals surface area contributed by atoms with Crippen LogP contribution in [0.5, 0.6) is 0 Å². The molecule has 0 atom stereocenters. The van der Waals surface area contributed by atoms with Crippen LogP contribution in [0.3, 0.4) is 0 Å². The third-order valence-corrected chi connectivity index (χ3v) is 2.10. The molecule has 2 aromatic heterocycles. The average molecular weight is 259 g/mol. The molecule has 2 aromatic rings. The van der Waals surface area contributed by atoms with Gasteiger partial charge in [0.05, 0.1) is 12.1 Å². The minimum atomic E-state index is -4.58. The van der Waals surface area contributed by atoms with Crippen LogP contribution in [-0.2, 0) is 10.9 Å². The predicted molar refractivity (Wildman–Crippen MR) is 54.8 cm³/mol. The summed E-state index contributed by atoms with van der Waals surface area (Å²) in [4.78, 5) is 20.4. The first-order valence-electron chi connectivity index (χ1n) is 5.03. The Labute approximate surface area is 99.0 Å². The van der Waals surface area contributed by atoms with E-state index in [1.807, 2.05) is 0 Å². The van der Waals surface area contributed by atoms with Crippen LogP contribution < -0.4 is 0 Å². The number of H-pyrrole nitrogens is 1. The topological polar surface area (TPSA) is 67.9 Å². The number of carbonyl (C=O) groups is 1. The highest BCUT2D eigenvalue weighted by Crippen LogP contribution is 2.28. The van der Waals surface area contributed by atoms with Crippen molar-refractivity contribution in [3.63, 3.8) is 0 Å². The lowest BCUT2D eigenvalue weighted by atomic mass is 10.3. The summed E-state index contributed by atoms with van der Waals surface area (Å²) in [5.41, 5.74) is -0.146. The second kappa shape index (κ2) is 4.28. The standard InChI is InChI=1S/C10H8F3N3O2/c1-2-18-8(17)6-4-3-5-7(14-6)16-9(15-5)10(11,12)13/h3-4H,2H2,1H3,(H,14,15,16). The molecule has 0 fully saturated rings. The number of alkyl halides is 3. The smallest absolute Gasteiger partial charge is 0.449 e. The fourth-order valence-electron chi connectivity index (χ4n) is 1.35. The van der Waals surface area contributed by atoms with Crippen LogP contribution in [0.1, 0.15) is 23.2 Å². The Bertz CT molecular complexity index is 592. The van der Waals surface area contributed by atoms with E-state index in [0.717, 1.165) is 0 Å². The molecule has 0 radical (unpaired) electrons. The largest absolute Gasteiger partial charge is 0.461 e. The number of ether oxygens (including phenoxy) is 1. The summed E-state index contributed by atoms with van der Waals surface area (Å²) in [5.74, 6) is -1.85. The SMILES string of the molecule is CCOC(=O)c1ccc2[nH]c(C(F)(F)F)nc2n1. The lowest BCUT2D eigenvalue weighted by molar-refractivity contribution is -0.144. The third-order valence-electron chi connectivity index (χ3n) is 2.10. The Kier molecular flexibility index (Phi) is 2.93. The Morgan fingerprint density at radius 3 is 2.72 bits per heavy atom. The molecule has 0 saturated carbocycles. The van der Waals surface area contributed by atoms with Gasteiger partial charge in [0.1, 0.15) is 0 Å². The number of rotatable bonds is 2. The van der Waals surface area contributed by atoms with Crippen molar-refractivity contribution in [2.75, 3.05) is 6.61 Å². The number of hydrogen-bond donors (Lipinski definition) is 1. The number of pyridine rings is 1. The number of esters is 1. The van der Waals surface area contributed by atoms with Crippen molar-refractivity contribution in [1.82, 2.24) is 15.0 Å². The summed E-state index contributed by atoms with van der Waals surface area (Å²) in [6.07, 6.45) is -4.58. The summed E-state index contributed by atoms with van der Waals surface area (Å²) in [5, 5.41) is 0. The van der Waals surface area contributed by atoms with Gasteiger partial charge in [-0.2, -0.15) is 13.2 Å². The highest BCUT2D eigenvalue weighted by Gasteiger charge is 2.35. The van der Waals surface area contributed by atoms with Gasteiger partial charge in [-0.05, 0) is 19.1 Å². The van der Waals surface area contributed by atoms with Gasteiger partial charge in [0, 0.05) is 0 Å². The van der Waals surface area contributed by atoms with E-state index in [0.29, 0.717) is 0 Å². The minimum Gasteiger partial charge on any atom is -0.461 e. The lowest BCUT2D eigenvalue weighted by Crippen LogP contribution is -2.07. The van der Waals surface area contributed by atoms with Gasteiger partial charge in [0.15, 0.2) is 11.3 Å². The van der Waals surface area contributed by atoms with Crippen molar-refractivity contribution < 1.29 is 22.7 Å². The molecular formula is C10H8F3N3O2. The van der Waals surface area contributed by atoms with Gasteiger partial charge < -0.3 is 9.72 Å². The van der Waals surface area contributed by atoms with Crippen molar-refractivity contribution in [2.45, 2.75) is 13.1 Å². The molecular weight excluding hydrogens is 251 g/mol. The summed E-state index contributed by atoms with van der Waals surface area (Å²) in [7, 11) is 0. The van der Waals surface area contributed by atoms with Gasteiger partial charge >= 0.3 is 12.1 Å². The van der Waals surface area contributed by atoms with E-state index in [1.165, 1.54) is 12.1 Å². The van der Waals surface area contributed by atoms with Crippen molar-refractivity contribution in [2.24, 2.45) is 0 Å². The molecule has 1 N–H and O–H groups in total. The molecule has 0 aliphatic rings. The Morgan fingerprint density at radius 2 is 2.11 bits per heavy atom. The van der Waals surface area contributed by atoms with Crippen molar-refractivity contribution in [3.8, 4) is 0 Å². The zero-order valence-electron chi connectivity index (χ0n) is 9.21. The molecule has 2 rings (SSSR count). The molecule has 0 aliphatic heterocycles. The van der Waals surface area contributed by atoms with Gasteiger partial charge in [-0.1, -0.05) is 0 Å². The van der Waals surface area contributed by atoms with E-state index < -0.39 is 18.0 Å². The van der Waals surface area contributed by atoms with Crippen LogP contribution in [0.25, 0.3) is 11.2 Å². The van der Waals surface area contributed by atoms with Crippen LogP contribution in [0, 0.1) is 0 Å². The summed E-state index contributed by atoms with van der Waals surface area (Å²) >= 11 is 0. The molecule has 0 unspecified atom stereocenters. The summed E-state index contributed by atoms with van der Waals surface area (Å²) < 4.78 is 41.9. The van der Waals surface area contributed by atoms with E-state index in [-0.39, 0.29) is 23.5 Å². The summed E-state index contributed by atoms with van der Waals surface area (Å²) in [6.45, 7) is 1.78. The number of hydrogen-bond acceptors (Lipinski definition) is 4. The van der Waals surface area contributed by atoms with E-state index in [1.54, 1.807) is 6.92 Å². The van der Waals surface area contributed by atoms with E-state index in [2.05, 4.69) is 19.7 Å². The first-order chi connectivity index (χ1) is 8.41. The number of nitrogens with one attached hydrogen (secondary N) is 1. The first kappa shape index (κ1) is 12.3. The highest BCUT2D eigenvalue weighted by atomic mass is 19.4. The number of imidazole rings is 1. The Hall–Kier alpha value is -2.12. The number of aromatic amines is 1. The molecule has 0 aromatic carbocycles. The maximum atomic E-state index is 12.4. The van der Waals surface area contributed by atoms with Gasteiger partial charge in [0.25, 0.3) is 0 Å². The van der Waals surface area contributed by atoms with Gasteiger partial charge in [-0.3, -0.25) is 0 Å². The molecule has 0 saturated heterocycles. The Morgan fingerprint density at radius 1 is 1.39 bits per heavy atom. The number of fused-ring (bicyclic) bond motifs is 1. The van der Waals surface area contributed by atoms with Crippen molar-refractivity contribution >= 4 is 17.1 Å². The van der Waals surface area contributed by atoms with E-state index >= 15 is 0 Å². The molecule has 5 nitrogen and oxygen atoms in total. The van der Waals surface area contributed by atoms with Gasteiger partial charge in [-0.15, -0.1) is 0 Å². The zero-order chi connectivity index (χ0) is 13.3. The highest BCUT2D eigenvalue weighted by molar-refractivity contribution is 5.89. The fourth-order valence-corrected chi connectivity index (χ4v) is 1.35. The summed E-state index contributed by atoms with van der Waals surface area (Å²) in [6, 6.07) is 2.58. The molecule has 0 aliphatic carbocycles. The van der Waals surface area contributed by atoms with Gasteiger partial charge in [0.2, 0.25) is 5.82 Å². The number of carbonyl (C=O) groups excluding carboxylic acids is 1. The van der Waals surface area contributed by atoms with Crippen LogP contribution in [0.15, 0.2) is 12.1 Å². The minimum absolute atomic E-state index is 0.0791. The van der Waals surface area contributed by atoms with Crippen LogP contribution in [0.2, 0.25) is 0 Å². The maximum Gasteiger partial charge on any atom is 0.449 e. The molecule has 2 heterocycles. The maximum absolute atomic E-state index is 12.4. The van der Waals surface area contributed by atoms with Crippen LogP contribution in [0.4, 0.5) is 13.2 Å². The molecule has 18 heavy (non-hydrogen) atoms. The molecule has 0 spiro atoms. The number of aromatic nitrogens is 3. The lowest BCUT2D eigenvalue weighted by Gasteiger charge is -1.99. The van der Waals surface area contributed by atoms with E-state index in [4.69, 9.17) is 0 Å². The Balaban J connectivity index is 2.43. The third kappa shape index (κ3) is 2.27. The fraction of sp³-hybridized carbons (Fsp3) is 0.300. The van der Waals surface area contributed by atoms with Crippen LogP contribution >= 0.6 is 0 Å². The molecule has 8 heteroatoms. The van der Waals surface area contributed by atoms with Gasteiger partial charge in [-0.25, -0.2) is 14.8 Å². The second-order valence-corrected chi connectivity index (χ2v) is 3.37. The quantitative estimate of drug-likeness (QED) is 0.839. The average Bonchev–Trinajstić information content (AvgIpc) is 2.71. The van der Waals surface area contributed by atoms with Crippen LogP contribution in [-0.4, -0.2) is 27.5 Å².